The molecule has 0 bridgehead atoms. The number of amides is 1. The molecule has 0 saturated carbocycles. The van der Waals surface area contributed by atoms with Crippen LogP contribution in [0.1, 0.15) is 16.2 Å². The molecule has 1 amide bonds. The minimum absolute atomic E-state index is 0.00773. The fourth-order valence-electron chi connectivity index (χ4n) is 1.39. The molecule has 84 valence electrons. The van der Waals surface area contributed by atoms with Crippen molar-refractivity contribution in [3.05, 3.63) is 17.5 Å². The lowest BCUT2D eigenvalue weighted by molar-refractivity contribution is 0.0786. The number of aryl methyl sites for hydroxylation is 2. The predicted molar refractivity (Wildman–Crippen MR) is 58.8 cm³/mol. The lowest BCUT2D eigenvalue weighted by Gasteiger charge is -2.16. The number of carbonyl (C=O) groups excluding carboxylic acids is 1. The summed E-state index contributed by atoms with van der Waals surface area (Å²) in [5.74, 6) is 0.00773. The zero-order valence-corrected chi connectivity index (χ0v) is 9.74. The van der Waals surface area contributed by atoms with E-state index in [0.29, 0.717) is 12.2 Å². The van der Waals surface area contributed by atoms with E-state index in [2.05, 4.69) is 10.4 Å². The Morgan fingerprint density at radius 2 is 2.33 bits per heavy atom. The summed E-state index contributed by atoms with van der Waals surface area (Å²) >= 11 is 0. The van der Waals surface area contributed by atoms with E-state index < -0.39 is 0 Å². The Bertz CT molecular complexity index is 345. The maximum absolute atomic E-state index is 11.9. The van der Waals surface area contributed by atoms with Gasteiger partial charge in [-0.05, 0) is 20.0 Å². The normalized spacial score (nSPS) is 10.4. The highest BCUT2D eigenvalue weighted by atomic mass is 16.2. The van der Waals surface area contributed by atoms with Crippen LogP contribution in [-0.2, 0) is 7.05 Å². The molecule has 0 saturated heterocycles. The van der Waals surface area contributed by atoms with Crippen LogP contribution in [0.15, 0.2) is 6.07 Å². The van der Waals surface area contributed by atoms with Crippen LogP contribution in [0.3, 0.4) is 0 Å². The molecule has 15 heavy (non-hydrogen) atoms. The topological polar surface area (TPSA) is 50.2 Å². The summed E-state index contributed by atoms with van der Waals surface area (Å²) in [7, 11) is 5.45. The second-order valence-corrected chi connectivity index (χ2v) is 3.62. The van der Waals surface area contributed by atoms with Crippen molar-refractivity contribution in [3.63, 3.8) is 0 Å². The summed E-state index contributed by atoms with van der Waals surface area (Å²) in [6.07, 6.45) is 0. The van der Waals surface area contributed by atoms with Crippen LogP contribution < -0.4 is 5.32 Å². The number of likely N-dealkylation sites (N-methyl/N-ethyl adjacent to an activating group) is 2. The Kier molecular flexibility index (Phi) is 3.85. The largest absolute Gasteiger partial charge is 0.339 e. The van der Waals surface area contributed by atoms with Gasteiger partial charge in [-0.1, -0.05) is 0 Å². The van der Waals surface area contributed by atoms with Gasteiger partial charge in [-0.3, -0.25) is 9.48 Å². The molecule has 1 heterocycles. The van der Waals surface area contributed by atoms with Gasteiger partial charge in [0.2, 0.25) is 0 Å². The number of nitrogens with one attached hydrogen (secondary N) is 1. The van der Waals surface area contributed by atoms with Crippen LogP contribution in [-0.4, -0.2) is 47.8 Å². The molecule has 0 aliphatic heterocycles. The molecule has 5 nitrogen and oxygen atoms in total. The summed E-state index contributed by atoms with van der Waals surface area (Å²) in [5.41, 5.74) is 1.49. The van der Waals surface area contributed by atoms with Crippen molar-refractivity contribution in [3.8, 4) is 0 Å². The Morgan fingerprint density at radius 1 is 1.67 bits per heavy atom. The second kappa shape index (κ2) is 4.93. The molecule has 0 fully saturated rings. The number of carbonyl (C=O) groups is 1. The van der Waals surface area contributed by atoms with Gasteiger partial charge in [-0.2, -0.15) is 5.10 Å². The van der Waals surface area contributed by atoms with Crippen molar-refractivity contribution >= 4 is 5.91 Å². The fraction of sp³-hybridized carbons (Fsp3) is 0.600. The number of aromatic nitrogens is 2. The summed E-state index contributed by atoms with van der Waals surface area (Å²) < 4.78 is 1.62. The molecule has 0 unspecified atom stereocenters. The standard InChI is InChI=1S/C10H18N4O/c1-8-7-9(14(4)12-8)10(15)13(3)6-5-11-2/h7,11H,5-6H2,1-4H3. The molecule has 1 aromatic heterocycles. The average molecular weight is 210 g/mol. The van der Waals surface area contributed by atoms with Crippen LogP contribution in [0.5, 0.6) is 0 Å². The van der Waals surface area contributed by atoms with E-state index in [1.807, 2.05) is 14.0 Å². The molecule has 5 heteroatoms. The SMILES string of the molecule is CNCCN(C)C(=O)c1cc(C)nn1C. The number of hydrogen-bond acceptors (Lipinski definition) is 3. The van der Waals surface area contributed by atoms with Crippen molar-refractivity contribution in [2.45, 2.75) is 6.92 Å². The summed E-state index contributed by atoms with van der Waals surface area (Å²) in [6.45, 7) is 3.36. The van der Waals surface area contributed by atoms with E-state index in [0.717, 1.165) is 12.2 Å². The predicted octanol–water partition coefficient (Wildman–Crippen LogP) is 0.0199. The zero-order valence-electron chi connectivity index (χ0n) is 9.74. The van der Waals surface area contributed by atoms with E-state index in [4.69, 9.17) is 0 Å². The molecular formula is C10H18N4O. The number of nitrogens with zero attached hydrogens (tertiary/aromatic N) is 3. The Morgan fingerprint density at radius 3 is 2.80 bits per heavy atom. The number of rotatable bonds is 4. The lowest BCUT2D eigenvalue weighted by atomic mass is 10.3. The minimum atomic E-state index is 0.00773. The van der Waals surface area contributed by atoms with Gasteiger partial charge < -0.3 is 10.2 Å². The van der Waals surface area contributed by atoms with Gasteiger partial charge in [0, 0.05) is 27.2 Å². The average Bonchev–Trinajstić information content (AvgIpc) is 2.53. The molecule has 1 N–H and O–H groups in total. The van der Waals surface area contributed by atoms with Crippen LogP contribution >= 0.6 is 0 Å². The Hall–Kier alpha value is -1.36. The molecule has 0 atom stereocenters. The van der Waals surface area contributed by atoms with E-state index >= 15 is 0 Å². The first-order chi connectivity index (χ1) is 7.06. The van der Waals surface area contributed by atoms with Crippen LogP contribution in [0.25, 0.3) is 0 Å². The highest BCUT2D eigenvalue weighted by Gasteiger charge is 2.15. The van der Waals surface area contributed by atoms with Gasteiger partial charge in [0.15, 0.2) is 0 Å². The summed E-state index contributed by atoms with van der Waals surface area (Å²) in [6, 6.07) is 1.80. The van der Waals surface area contributed by atoms with Gasteiger partial charge >= 0.3 is 0 Å². The van der Waals surface area contributed by atoms with Crippen molar-refractivity contribution in [2.75, 3.05) is 27.2 Å². The quantitative estimate of drug-likeness (QED) is 0.762. The van der Waals surface area contributed by atoms with E-state index in [1.165, 1.54) is 0 Å². The van der Waals surface area contributed by atoms with Gasteiger partial charge in [-0.15, -0.1) is 0 Å². The molecule has 1 aromatic rings. The van der Waals surface area contributed by atoms with Gasteiger partial charge in [0.1, 0.15) is 5.69 Å². The van der Waals surface area contributed by atoms with Crippen LogP contribution in [0, 0.1) is 6.92 Å². The first kappa shape index (κ1) is 11.7. The summed E-state index contributed by atoms with van der Waals surface area (Å²) in [4.78, 5) is 13.6. The molecule has 0 aromatic carbocycles. The zero-order chi connectivity index (χ0) is 11.4. The smallest absolute Gasteiger partial charge is 0.271 e. The molecule has 0 radical (unpaired) electrons. The maximum atomic E-state index is 11.9. The van der Waals surface area contributed by atoms with E-state index in [9.17, 15) is 4.79 Å². The van der Waals surface area contributed by atoms with Gasteiger partial charge in [-0.25, -0.2) is 0 Å². The third kappa shape index (κ3) is 2.79. The van der Waals surface area contributed by atoms with Crippen molar-refractivity contribution < 1.29 is 4.79 Å². The molecule has 0 aliphatic carbocycles. The number of hydrogen-bond donors (Lipinski definition) is 1. The summed E-state index contributed by atoms with van der Waals surface area (Å²) in [5, 5.41) is 7.16. The molecule has 0 spiro atoms. The second-order valence-electron chi connectivity index (χ2n) is 3.62. The molecular weight excluding hydrogens is 192 g/mol. The van der Waals surface area contributed by atoms with E-state index in [1.54, 1.807) is 29.7 Å². The Labute approximate surface area is 90.1 Å². The first-order valence-electron chi connectivity index (χ1n) is 4.97. The monoisotopic (exact) mass is 210 g/mol. The van der Waals surface area contributed by atoms with Crippen molar-refractivity contribution in [1.82, 2.24) is 20.0 Å². The third-order valence-electron chi connectivity index (χ3n) is 2.27. The molecule has 0 aliphatic rings. The van der Waals surface area contributed by atoms with Gasteiger partial charge in [0.25, 0.3) is 5.91 Å². The van der Waals surface area contributed by atoms with E-state index in [-0.39, 0.29) is 5.91 Å². The fourth-order valence-corrected chi connectivity index (χ4v) is 1.39. The first-order valence-corrected chi connectivity index (χ1v) is 4.97. The van der Waals surface area contributed by atoms with Crippen molar-refractivity contribution in [1.29, 1.82) is 0 Å². The lowest BCUT2D eigenvalue weighted by Crippen LogP contribution is -2.33. The third-order valence-corrected chi connectivity index (χ3v) is 2.27. The highest BCUT2D eigenvalue weighted by Crippen LogP contribution is 2.04. The molecule has 1 rings (SSSR count). The maximum Gasteiger partial charge on any atom is 0.271 e. The van der Waals surface area contributed by atoms with Crippen LogP contribution in [0.4, 0.5) is 0 Å². The van der Waals surface area contributed by atoms with Crippen molar-refractivity contribution in [2.24, 2.45) is 7.05 Å². The highest BCUT2D eigenvalue weighted by molar-refractivity contribution is 5.92. The Balaban J connectivity index is 2.71. The van der Waals surface area contributed by atoms with Crippen LogP contribution in [0.2, 0.25) is 0 Å². The van der Waals surface area contributed by atoms with Gasteiger partial charge in [0.05, 0.1) is 5.69 Å². The minimum Gasteiger partial charge on any atom is -0.339 e.